The third-order valence-electron chi connectivity index (χ3n) is 6.56. The molecule has 2 unspecified atom stereocenters. The Morgan fingerprint density at radius 1 is 0.941 bits per heavy atom. The molecule has 3 heterocycles. The van der Waals surface area contributed by atoms with Crippen LogP contribution in [0.15, 0.2) is 88.2 Å². The fraction of sp³-hybridized carbons (Fsp3) is 0.185. The molecule has 170 valence electrons. The van der Waals surface area contributed by atoms with Gasteiger partial charge in [0, 0.05) is 34.4 Å². The van der Waals surface area contributed by atoms with Gasteiger partial charge in [-0.2, -0.15) is 0 Å². The van der Waals surface area contributed by atoms with Gasteiger partial charge < -0.3 is 10.1 Å². The van der Waals surface area contributed by atoms with E-state index in [4.69, 9.17) is 4.74 Å². The van der Waals surface area contributed by atoms with E-state index in [2.05, 4.69) is 21.6 Å². The van der Waals surface area contributed by atoms with Gasteiger partial charge in [-0.25, -0.2) is 0 Å². The first-order chi connectivity index (χ1) is 16.7. The highest BCUT2D eigenvalue weighted by molar-refractivity contribution is 7.10. The van der Waals surface area contributed by atoms with Crippen LogP contribution in [-0.2, 0) is 11.4 Å². The second-order valence-electron chi connectivity index (χ2n) is 8.71. The smallest absolute Gasteiger partial charge is 0.270 e. The number of aromatic amines is 2. The molecule has 2 aromatic heterocycles. The minimum atomic E-state index is -0.446. The van der Waals surface area contributed by atoms with Gasteiger partial charge in [0.25, 0.3) is 5.56 Å². The summed E-state index contributed by atoms with van der Waals surface area (Å²) < 4.78 is 6.04. The Morgan fingerprint density at radius 2 is 1.82 bits per heavy atom. The number of hydrogen-bond donors (Lipinski definition) is 3. The van der Waals surface area contributed by atoms with E-state index in [1.165, 1.54) is 4.88 Å². The van der Waals surface area contributed by atoms with Crippen LogP contribution in [0.2, 0.25) is 0 Å². The Kier molecular flexibility index (Phi) is 5.19. The number of aromatic nitrogens is 2. The van der Waals surface area contributed by atoms with Gasteiger partial charge in [-0.05, 0) is 41.1 Å². The molecule has 0 bridgehead atoms. The molecule has 0 radical (unpaired) electrons. The number of benzene rings is 2. The summed E-state index contributed by atoms with van der Waals surface area (Å²) in [5.74, 6) is 1.11. The average Bonchev–Trinajstić information content (AvgIpc) is 3.53. The molecule has 2 aromatic carbocycles. The summed E-state index contributed by atoms with van der Waals surface area (Å²) in [6, 6.07) is 21.8. The Balaban J connectivity index is 1.38. The lowest BCUT2D eigenvalue weighted by atomic mass is 9.74. The number of carbonyl (C=O) groups excluding carboxylic acids is 1. The largest absolute Gasteiger partial charge is 0.489 e. The number of carbonyl (C=O) groups is 1. The Hall–Kier alpha value is -3.84. The van der Waals surface area contributed by atoms with Gasteiger partial charge in [0.05, 0.1) is 5.56 Å². The van der Waals surface area contributed by atoms with Crippen molar-refractivity contribution in [1.82, 2.24) is 10.2 Å². The zero-order chi connectivity index (χ0) is 23.1. The second-order valence-corrected chi connectivity index (χ2v) is 9.69. The SMILES string of the molecule is O=C1CC(c2cccs2)CC2=C1C(c1cccc(OCc3ccccc3)c1)c1c([nH][nH]c1=O)N2. The van der Waals surface area contributed by atoms with Crippen molar-refractivity contribution >= 4 is 22.9 Å². The van der Waals surface area contributed by atoms with Crippen LogP contribution >= 0.6 is 11.3 Å². The summed E-state index contributed by atoms with van der Waals surface area (Å²) in [7, 11) is 0. The third kappa shape index (κ3) is 3.68. The van der Waals surface area contributed by atoms with Crippen LogP contribution in [-0.4, -0.2) is 16.0 Å². The van der Waals surface area contributed by atoms with Crippen molar-refractivity contribution < 1.29 is 9.53 Å². The molecule has 1 aliphatic heterocycles. The molecule has 1 aliphatic carbocycles. The molecule has 34 heavy (non-hydrogen) atoms. The van der Waals surface area contributed by atoms with Crippen LogP contribution in [0.25, 0.3) is 0 Å². The van der Waals surface area contributed by atoms with E-state index in [0.717, 1.165) is 23.2 Å². The zero-order valence-electron chi connectivity index (χ0n) is 18.3. The number of hydrogen-bond acceptors (Lipinski definition) is 5. The van der Waals surface area contributed by atoms with Crippen molar-refractivity contribution in [2.24, 2.45) is 0 Å². The number of ether oxygens (including phenoxy) is 1. The number of ketones is 1. The highest BCUT2D eigenvalue weighted by Crippen LogP contribution is 2.47. The maximum atomic E-state index is 13.5. The molecule has 0 saturated heterocycles. The van der Waals surface area contributed by atoms with Crippen LogP contribution in [0, 0.1) is 0 Å². The second kappa shape index (κ2) is 8.50. The Bertz CT molecular complexity index is 1430. The van der Waals surface area contributed by atoms with Crippen molar-refractivity contribution in [1.29, 1.82) is 0 Å². The van der Waals surface area contributed by atoms with Gasteiger partial charge >= 0.3 is 0 Å². The maximum Gasteiger partial charge on any atom is 0.270 e. The highest BCUT2D eigenvalue weighted by atomic mass is 32.1. The summed E-state index contributed by atoms with van der Waals surface area (Å²) in [5, 5.41) is 11.0. The van der Waals surface area contributed by atoms with Crippen molar-refractivity contribution in [3.63, 3.8) is 0 Å². The van der Waals surface area contributed by atoms with Gasteiger partial charge in [0.1, 0.15) is 18.2 Å². The molecule has 6 nitrogen and oxygen atoms in total. The van der Waals surface area contributed by atoms with Gasteiger partial charge in [-0.1, -0.05) is 48.5 Å². The summed E-state index contributed by atoms with van der Waals surface area (Å²) in [6.07, 6.45) is 1.17. The van der Waals surface area contributed by atoms with E-state index in [1.807, 2.05) is 66.0 Å². The van der Waals surface area contributed by atoms with Crippen LogP contribution in [0.1, 0.15) is 46.2 Å². The molecule has 0 saturated carbocycles. The number of Topliss-reactive ketones (excluding diaryl/α,β-unsaturated/α-hetero) is 1. The standard InChI is InChI=1S/C27H23N3O3S/c31-21-14-18(22-10-5-11-34-22)13-20-24(21)23(25-26(28-20)29-30-27(25)32)17-8-4-9-19(12-17)33-15-16-6-2-1-3-7-16/h1-12,18,23H,13-15H2,(H3,28,29,30,32). The van der Waals surface area contributed by atoms with E-state index >= 15 is 0 Å². The van der Waals surface area contributed by atoms with Crippen molar-refractivity contribution in [2.75, 3.05) is 5.32 Å². The molecule has 2 atom stereocenters. The summed E-state index contributed by atoms with van der Waals surface area (Å²) in [5.41, 5.74) is 3.84. The molecule has 0 amide bonds. The normalized spacial score (nSPS) is 19.4. The van der Waals surface area contributed by atoms with Crippen molar-refractivity contribution in [3.8, 4) is 5.75 Å². The van der Waals surface area contributed by atoms with Crippen molar-refractivity contribution in [2.45, 2.75) is 31.3 Å². The minimum Gasteiger partial charge on any atom is -0.489 e. The van der Waals surface area contributed by atoms with Gasteiger partial charge in [0.2, 0.25) is 0 Å². The number of rotatable bonds is 5. The molecular weight excluding hydrogens is 446 g/mol. The number of fused-ring (bicyclic) bond motifs is 1. The predicted octanol–water partition coefficient (Wildman–Crippen LogP) is 5.30. The Morgan fingerprint density at radius 3 is 2.65 bits per heavy atom. The highest BCUT2D eigenvalue weighted by Gasteiger charge is 2.40. The minimum absolute atomic E-state index is 0.0824. The molecule has 4 aromatic rings. The molecule has 2 aliphatic rings. The Labute approximate surface area is 200 Å². The molecule has 6 rings (SSSR count). The fourth-order valence-corrected chi connectivity index (χ4v) is 5.83. The lowest BCUT2D eigenvalue weighted by Gasteiger charge is -2.34. The lowest BCUT2D eigenvalue weighted by Crippen LogP contribution is -2.31. The quantitative estimate of drug-likeness (QED) is 0.370. The first-order valence-electron chi connectivity index (χ1n) is 11.3. The average molecular weight is 470 g/mol. The summed E-state index contributed by atoms with van der Waals surface area (Å²) >= 11 is 1.68. The van der Waals surface area contributed by atoms with Gasteiger partial charge in [-0.3, -0.25) is 19.8 Å². The predicted molar refractivity (Wildman–Crippen MR) is 132 cm³/mol. The lowest BCUT2D eigenvalue weighted by molar-refractivity contribution is -0.116. The molecule has 3 N–H and O–H groups in total. The number of H-pyrrole nitrogens is 2. The number of anilines is 1. The number of nitrogens with one attached hydrogen (secondary N) is 3. The fourth-order valence-electron chi connectivity index (χ4n) is 5.00. The molecule has 7 heteroatoms. The van der Waals surface area contributed by atoms with E-state index in [0.29, 0.717) is 35.7 Å². The van der Waals surface area contributed by atoms with Crippen LogP contribution in [0.5, 0.6) is 5.75 Å². The maximum absolute atomic E-state index is 13.5. The van der Waals surface area contributed by atoms with Crippen LogP contribution in [0.4, 0.5) is 5.82 Å². The van der Waals surface area contributed by atoms with Crippen LogP contribution in [0.3, 0.4) is 0 Å². The van der Waals surface area contributed by atoms with E-state index in [-0.39, 0.29) is 17.3 Å². The number of allylic oxidation sites excluding steroid dienone is 2. The zero-order valence-corrected chi connectivity index (χ0v) is 19.2. The summed E-state index contributed by atoms with van der Waals surface area (Å²) in [6.45, 7) is 0.446. The first-order valence-corrected chi connectivity index (χ1v) is 12.2. The monoisotopic (exact) mass is 469 g/mol. The first kappa shape index (κ1) is 20.7. The number of thiophene rings is 1. The summed E-state index contributed by atoms with van der Waals surface area (Å²) in [4.78, 5) is 27.5. The van der Waals surface area contributed by atoms with Crippen LogP contribution < -0.4 is 15.6 Å². The van der Waals surface area contributed by atoms with Gasteiger partial charge in [0.15, 0.2) is 5.78 Å². The van der Waals surface area contributed by atoms with Gasteiger partial charge in [-0.15, -0.1) is 11.3 Å². The third-order valence-corrected chi connectivity index (χ3v) is 7.60. The van der Waals surface area contributed by atoms with Crippen molar-refractivity contribution in [3.05, 3.63) is 115 Å². The molecule has 0 fully saturated rings. The molecular formula is C27H23N3O3S. The van der Waals surface area contributed by atoms with E-state index in [1.54, 1.807) is 11.3 Å². The molecule has 0 spiro atoms. The topological polar surface area (TPSA) is 87.0 Å². The van der Waals surface area contributed by atoms with E-state index < -0.39 is 5.92 Å². The van der Waals surface area contributed by atoms with E-state index in [9.17, 15) is 9.59 Å².